The van der Waals surface area contributed by atoms with Crippen LogP contribution in [0.4, 0.5) is 13.2 Å². The minimum Gasteiger partial charge on any atom is -0.388 e. The number of nitrogens with zero attached hydrogens (tertiary/aromatic N) is 1. The first-order valence-electron chi connectivity index (χ1n) is 13.3. The summed E-state index contributed by atoms with van der Waals surface area (Å²) in [6.45, 7) is 9.21. The SMILES string of the molecule is C=C1[C@H](O)CC(=CC=C2CCC[C@]3(C)[C@@H]([C@H](C)CN4CCCC(O)(C(F)(F)F)C4)CC[C@@H]23)C[C@H]1O. The molecule has 4 aliphatic rings. The summed E-state index contributed by atoms with van der Waals surface area (Å²) in [6, 6.07) is 0. The predicted molar refractivity (Wildman–Crippen MR) is 131 cm³/mol. The average Bonchev–Trinajstić information content (AvgIpc) is 3.13. The first kappa shape index (κ1) is 26.9. The van der Waals surface area contributed by atoms with E-state index in [1.807, 2.05) is 4.90 Å². The molecule has 4 nitrogen and oxygen atoms in total. The van der Waals surface area contributed by atoms with Crippen molar-refractivity contribution in [2.75, 3.05) is 19.6 Å². The molecule has 0 aromatic carbocycles. The number of aliphatic hydroxyl groups is 3. The monoisotopic (exact) mass is 497 g/mol. The summed E-state index contributed by atoms with van der Waals surface area (Å²) in [4.78, 5) is 1.83. The van der Waals surface area contributed by atoms with E-state index in [4.69, 9.17) is 0 Å². The molecular formula is C28H42F3NO3. The Bertz CT molecular complexity index is 852. The summed E-state index contributed by atoms with van der Waals surface area (Å²) in [5.41, 5.74) is 0.502. The van der Waals surface area contributed by atoms with E-state index in [1.165, 1.54) is 5.57 Å². The van der Waals surface area contributed by atoms with E-state index >= 15 is 0 Å². The van der Waals surface area contributed by atoms with Crippen molar-refractivity contribution < 1.29 is 28.5 Å². The Morgan fingerprint density at radius 1 is 1.11 bits per heavy atom. The van der Waals surface area contributed by atoms with Gasteiger partial charge in [0.15, 0.2) is 5.60 Å². The molecule has 1 saturated heterocycles. The summed E-state index contributed by atoms with van der Waals surface area (Å²) >= 11 is 0. The molecule has 3 aliphatic carbocycles. The van der Waals surface area contributed by atoms with E-state index in [-0.39, 0.29) is 24.3 Å². The molecule has 7 atom stereocenters. The number of hydrogen-bond acceptors (Lipinski definition) is 4. The smallest absolute Gasteiger partial charge is 0.388 e. The molecular weight excluding hydrogens is 455 g/mol. The van der Waals surface area contributed by atoms with Gasteiger partial charge in [-0.05, 0) is 93.1 Å². The van der Waals surface area contributed by atoms with Gasteiger partial charge in [0.25, 0.3) is 0 Å². The quantitative estimate of drug-likeness (QED) is 0.470. The van der Waals surface area contributed by atoms with Gasteiger partial charge < -0.3 is 15.3 Å². The molecule has 0 bridgehead atoms. The number of alkyl halides is 3. The predicted octanol–water partition coefficient (Wildman–Crippen LogP) is 5.15. The van der Waals surface area contributed by atoms with Crippen molar-refractivity contribution >= 4 is 0 Å². The third kappa shape index (κ3) is 5.29. The number of hydrogen-bond donors (Lipinski definition) is 3. The van der Waals surface area contributed by atoms with E-state index in [0.717, 1.165) is 37.7 Å². The summed E-state index contributed by atoms with van der Waals surface area (Å²) < 4.78 is 40.2. The average molecular weight is 498 g/mol. The third-order valence-corrected chi connectivity index (χ3v) is 9.65. The Kier molecular flexibility index (Phi) is 7.65. The van der Waals surface area contributed by atoms with Crippen molar-refractivity contribution in [1.82, 2.24) is 4.90 Å². The van der Waals surface area contributed by atoms with Crippen LogP contribution in [0.1, 0.15) is 71.6 Å². The third-order valence-electron chi connectivity index (χ3n) is 9.65. The fraction of sp³-hybridized carbons (Fsp3) is 0.786. The maximum atomic E-state index is 13.4. The summed E-state index contributed by atoms with van der Waals surface area (Å²) in [7, 11) is 0. The minimum atomic E-state index is -4.59. The van der Waals surface area contributed by atoms with Gasteiger partial charge in [-0.15, -0.1) is 0 Å². The Morgan fingerprint density at radius 2 is 1.80 bits per heavy atom. The number of allylic oxidation sites excluding steroid dienone is 3. The van der Waals surface area contributed by atoms with Crippen molar-refractivity contribution in [2.24, 2.45) is 23.2 Å². The van der Waals surface area contributed by atoms with Crippen LogP contribution in [-0.2, 0) is 0 Å². The van der Waals surface area contributed by atoms with Crippen molar-refractivity contribution in [2.45, 2.75) is 95.6 Å². The largest absolute Gasteiger partial charge is 0.418 e. The normalized spacial score (nSPS) is 41.2. The summed E-state index contributed by atoms with van der Waals surface area (Å²) in [5, 5.41) is 30.5. The topological polar surface area (TPSA) is 63.9 Å². The molecule has 0 spiro atoms. The van der Waals surface area contributed by atoms with Gasteiger partial charge in [0.1, 0.15) is 0 Å². The molecule has 1 heterocycles. The zero-order valence-electron chi connectivity index (χ0n) is 21.2. The lowest BCUT2D eigenvalue weighted by atomic mass is 9.61. The number of fused-ring (bicyclic) bond motifs is 1. The second kappa shape index (κ2) is 9.96. The van der Waals surface area contributed by atoms with E-state index in [9.17, 15) is 28.5 Å². The highest BCUT2D eigenvalue weighted by molar-refractivity contribution is 5.29. The van der Waals surface area contributed by atoms with Gasteiger partial charge in [0, 0.05) is 13.1 Å². The van der Waals surface area contributed by atoms with Crippen LogP contribution in [0.2, 0.25) is 0 Å². The van der Waals surface area contributed by atoms with Crippen LogP contribution >= 0.6 is 0 Å². The van der Waals surface area contributed by atoms with Gasteiger partial charge >= 0.3 is 6.18 Å². The van der Waals surface area contributed by atoms with E-state index < -0.39 is 24.0 Å². The standard InChI is InChI=1S/C28H42F3NO3/c1-18(16-32-13-5-12-27(35,17-32)28(29,30)31)22-9-10-23-21(6-4-11-26(22,23)3)8-7-20-14-24(33)19(2)25(34)15-20/h7-8,18,22-25,33-35H,2,4-6,9-17H2,1,3H3/t18-,22-,23+,24-,25-,26-,27?/m1/s1. The first-order valence-corrected chi connectivity index (χ1v) is 13.3. The van der Waals surface area contributed by atoms with Crippen molar-refractivity contribution in [3.63, 3.8) is 0 Å². The second-order valence-electron chi connectivity index (χ2n) is 12.0. The number of piperidine rings is 1. The molecule has 0 amide bonds. The van der Waals surface area contributed by atoms with E-state index in [0.29, 0.717) is 49.8 Å². The summed E-state index contributed by atoms with van der Waals surface area (Å²) in [6.07, 6.45) is 4.96. The molecule has 0 aromatic rings. The maximum Gasteiger partial charge on any atom is 0.418 e. The fourth-order valence-corrected chi connectivity index (χ4v) is 7.68. The van der Waals surface area contributed by atoms with Crippen molar-refractivity contribution in [3.8, 4) is 0 Å². The molecule has 1 aliphatic heterocycles. The second-order valence-corrected chi connectivity index (χ2v) is 12.0. The first-order chi connectivity index (χ1) is 16.3. The van der Waals surface area contributed by atoms with Crippen molar-refractivity contribution in [1.29, 1.82) is 0 Å². The maximum absolute atomic E-state index is 13.4. The number of rotatable bonds is 4. The van der Waals surface area contributed by atoms with Crippen LogP contribution in [-0.4, -0.2) is 63.8 Å². The minimum absolute atomic E-state index is 0.123. The van der Waals surface area contributed by atoms with Crippen LogP contribution < -0.4 is 0 Å². The molecule has 35 heavy (non-hydrogen) atoms. The van der Waals surface area contributed by atoms with Crippen LogP contribution in [0, 0.1) is 23.2 Å². The molecule has 198 valence electrons. The molecule has 3 N–H and O–H groups in total. The number of β-amino-alcohol motifs (C(OH)–C–C–N with tert-alkyl or cyclic N) is 1. The lowest BCUT2D eigenvalue weighted by Crippen LogP contribution is -2.57. The molecule has 4 rings (SSSR count). The van der Waals surface area contributed by atoms with Gasteiger partial charge in [-0.25, -0.2) is 0 Å². The van der Waals surface area contributed by atoms with Crippen LogP contribution in [0.15, 0.2) is 35.5 Å². The lowest BCUT2D eigenvalue weighted by Gasteiger charge is -2.46. The van der Waals surface area contributed by atoms with Gasteiger partial charge in [0.2, 0.25) is 0 Å². The Balaban J connectivity index is 1.44. The Labute approximate surface area is 207 Å². The Hall–Kier alpha value is -1.15. The van der Waals surface area contributed by atoms with Crippen LogP contribution in [0.5, 0.6) is 0 Å². The van der Waals surface area contributed by atoms with Gasteiger partial charge in [-0.1, -0.05) is 43.7 Å². The Morgan fingerprint density at radius 3 is 2.46 bits per heavy atom. The molecule has 4 fully saturated rings. The highest BCUT2D eigenvalue weighted by Gasteiger charge is 2.56. The molecule has 7 heteroatoms. The highest BCUT2D eigenvalue weighted by Crippen LogP contribution is 2.59. The number of aliphatic hydroxyl groups excluding tert-OH is 2. The molecule has 0 radical (unpaired) electrons. The fourth-order valence-electron chi connectivity index (χ4n) is 7.68. The van der Waals surface area contributed by atoms with Gasteiger partial charge in [-0.2, -0.15) is 13.2 Å². The lowest BCUT2D eigenvalue weighted by molar-refractivity contribution is -0.274. The van der Waals surface area contributed by atoms with Gasteiger partial charge in [0.05, 0.1) is 12.2 Å². The molecule has 0 aromatic heterocycles. The molecule has 1 unspecified atom stereocenters. The van der Waals surface area contributed by atoms with Crippen molar-refractivity contribution in [3.05, 3.63) is 35.5 Å². The van der Waals surface area contributed by atoms with Gasteiger partial charge in [-0.3, -0.25) is 4.90 Å². The zero-order chi connectivity index (χ0) is 25.6. The number of likely N-dealkylation sites (tertiary alicyclic amines) is 1. The van der Waals surface area contributed by atoms with E-state index in [1.54, 1.807) is 0 Å². The number of halogens is 3. The zero-order valence-corrected chi connectivity index (χ0v) is 21.2. The van der Waals surface area contributed by atoms with Crippen LogP contribution in [0.25, 0.3) is 0 Å². The highest BCUT2D eigenvalue weighted by atomic mass is 19.4. The molecule has 3 saturated carbocycles. The van der Waals surface area contributed by atoms with E-state index in [2.05, 4.69) is 32.6 Å². The summed E-state index contributed by atoms with van der Waals surface area (Å²) in [5.74, 6) is 1.15. The van der Waals surface area contributed by atoms with Crippen LogP contribution in [0.3, 0.4) is 0 Å².